The molecule has 6 nitrogen and oxygen atoms in total. The summed E-state index contributed by atoms with van der Waals surface area (Å²) in [5.41, 5.74) is 4.42. The number of pyridine rings is 1. The van der Waals surface area contributed by atoms with Gasteiger partial charge in [0, 0.05) is 17.5 Å². The molecule has 8 heteroatoms. The number of thioether (sulfide) groups is 1. The molecule has 0 spiro atoms. The largest absolute Gasteiger partial charge is 0.361 e. The highest BCUT2D eigenvalue weighted by atomic mass is 32.2. The van der Waals surface area contributed by atoms with E-state index in [1.165, 1.54) is 23.1 Å². The van der Waals surface area contributed by atoms with E-state index in [9.17, 15) is 4.79 Å². The Kier molecular flexibility index (Phi) is 5.15. The Morgan fingerprint density at radius 2 is 2.07 bits per heavy atom. The van der Waals surface area contributed by atoms with Crippen molar-refractivity contribution in [1.29, 1.82) is 0 Å². The standard InChI is InChI=1S/C20H18N4O2S2/c1-11-6-4-8-16-17(11)22-20(28-16)23-18(25)14-7-5-9-21-19(14)27-10-15-12(2)24-26-13(15)3/h4-9H,10H2,1-3H3,(H,22,23,25). The third kappa shape index (κ3) is 3.65. The van der Waals surface area contributed by atoms with Gasteiger partial charge in [-0.2, -0.15) is 0 Å². The summed E-state index contributed by atoms with van der Waals surface area (Å²) in [7, 11) is 0. The van der Waals surface area contributed by atoms with Gasteiger partial charge in [-0.1, -0.05) is 28.6 Å². The fraction of sp³-hybridized carbons (Fsp3) is 0.200. The van der Waals surface area contributed by atoms with Gasteiger partial charge in [0.2, 0.25) is 0 Å². The molecule has 1 amide bonds. The molecule has 0 fully saturated rings. The molecule has 0 atom stereocenters. The van der Waals surface area contributed by atoms with E-state index in [0.717, 1.165) is 32.8 Å². The summed E-state index contributed by atoms with van der Waals surface area (Å²) >= 11 is 2.96. The molecule has 4 rings (SSSR count). The van der Waals surface area contributed by atoms with Gasteiger partial charge in [0.25, 0.3) is 5.91 Å². The molecular weight excluding hydrogens is 392 g/mol. The first kappa shape index (κ1) is 18.6. The number of carbonyl (C=O) groups is 1. The molecule has 3 heterocycles. The molecule has 1 N–H and O–H groups in total. The van der Waals surface area contributed by atoms with Crippen LogP contribution in [0.5, 0.6) is 0 Å². The van der Waals surface area contributed by atoms with E-state index >= 15 is 0 Å². The lowest BCUT2D eigenvalue weighted by Crippen LogP contribution is -2.13. The van der Waals surface area contributed by atoms with Gasteiger partial charge in [0.1, 0.15) is 10.8 Å². The number of anilines is 1. The number of benzene rings is 1. The molecule has 0 saturated heterocycles. The zero-order valence-electron chi connectivity index (χ0n) is 15.6. The van der Waals surface area contributed by atoms with Crippen LogP contribution in [-0.4, -0.2) is 21.0 Å². The summed E-state index contributed by atoms with van der Waals surface area (Å²) in [5, 5.41) is 8.14. The molecule has 142 valence electrons. The molecule has 1 aromatic carbocycles. The fourth-order valence-corrected chi connectivity index (χ4v) is 4.91. The Balaban J connectivity index is 1.55. The van der Waals surface area contributed by atoms with Crippen molar-refractivity contribution in [3.63, 3.8) is 0 Å². The number of hydrogen-bond acceptors (Lipinski definition) is 7. The van der Waals surface area contributed by atoms with Gasteiger partial charge >= 0.3 is 0 Å². The fourth-order valence-electron chi connectivity index (χ4n) is 2.83. The number of hydrogen-bond donors (Lipinski definition) is 1. The average molecular weight is 411 g/mol. The second kappa shape index (κ2) is 7.73. The van der Waals surface area contributed by atoms with Gasteiger partial charge in [0.05, 0.1) is 21.5 Å². The molecular formula is C20H18N4O2S2. The van der Waals surface area contributed by atoms with Crippen LogP contribution in [0.4, 0.5) is 5.13 Å². The number of para-hydroxylation sites is 1. The predicted molar refractivity (Wildman–Crippen MR) is 112 cm³/mol. The minimum atomic E-state index is -0.217. The summed E-state index contributed by atoms with van der Waals surface area (Å²) in [6, 6.07) is 9.54. The van der Waals surface area contributed by atoms with Crippen molar-refractivity contribution in [3.8, 4) is 0 Å². The van der Waals surface area contributed by atoms with Gasteiger partial charge < -0.3 is 4.52 Å². The molecule has 0 aliphatic rings. The lowest BCUT2D eigenvalue weighted by atomic mass is 10.2. The van der Waals surface area contributed by atoms with Crippen LogP contribution in [0.25, 0.3) is 10.2 Å². The average Bonchev–Trinajstić information content (AvgIpc) is 3.24. The number of nitrogens with zero attached hydrogens (tertiary/aromatic N) is 3. The van der Waals surface area contributed by atoms with E-state index in [-0.39, 0.29) is 5.91 Å². The van der Waals surface area contributed by atoms with Crippen LogP contribution in [-0.2, 0) is 5.75 Å². The number of fused-ring (bicyclic) bond motifs is 1. The zero-order valence-corrected chi connectivity index (χ0v) is 17.3. The summed E-state index contributed by atoms with van der Waals surface area (Å²) in [6.07, 6.45) is 1.69. The van der Waals surface area contributed by atoms with Crippen molar-refractivity contribution in [2.24, 2.45) is 0 Å². The van der Waals surface area contributed by atoms with Crippen molar-refractivity contribution in [1.82, 2.24) is 15.1 Å². The van der Waals surface area contributed by atoms with Crippen molar-refractivity contribution < 1.29 is 9.32 Å². The van der Waals surface area contributed by atoms with Crippen LogP contribution in [0, 0.1) is 20.8 Å². The lowest BCUT2D eigenvalue weighted by molar-refractivity contribution is 0.102. The Labute approximate surface area is 170 Å². The van der Waals surface area contributed by atoms with Crippen LogP contribution >= 0.6 is 23.1 Å². The van der Waals surface area contributed by atoms with Gasteiger partial charge in [0.15, 0.2) is 5.13 Å². The van der Waals surface area contributed by atoms with E-state index in [1.807, 2.05) is 39.0 Å². The Bertz CT molecular complexity index is 1150. The van der Waals surface area contributed by atoms with Crippen molar-refractivity contribution in [2.75, 3.05) is 5.32 Å². The Morgan fingerprint density at radius 1 is 1.21 bits per heavy atom. The molecule has 0 aliphatic carbocycles. The van der Waals surface area contributed by atoms with Crippen LogP contribution < -0.4 is 5.32 Å². The normalized spacial score (nSPS) is 11.1. The number of rotatable bonds is 5. The number of aromatic nitrogens is 3. The van der Waals surface area contributed by atoms with Gasteiger partial charge in [-0.15, -0.1) is 11.8 Å². The predicted octanol–water partition coefficient (Wildman–Crippen LogP) is 5.15. The Hall–Kier alpha value is -2.71. The molecule has 0 radical (unpaired) electrons. The minimum absolute atomic E-state index is 0.217. The highest BCUT2D eigenvalue weighted by Gasteiger charge is 2.17. The van der Waals surface area contributed by atoms with Gasteiger partial charge in [-0.05, 0) is 44.5 Å². The number of aryl methyl sites for hydroxylation is 3. The first-order valence-electron chi connectivity index (χ1n) is 8.70. The molecule has 3 aromatic heterocycles. The van der Waals surface area contributed by atoms with Crippen LogP contribution in [0.15, 0.2) is 46.1 Å². The number of nitrogens with one attached hydrogen (secondary N) is 1. The lowest BCUT2D eigenvalue weighted by Gasteiger charge is -2.07. The Morgan fingerprint density at radius 3 is 2.82 bits per heavy atom. The van der Waals surface area contributed by atoms with E-state index in [4.69, 9.17) is 4.52 Å². The number of thiazole rings is 1. The monoisotopic (exact) mass is 410 g/mol. The second-order valence-corrected chi connectivity index (χ2v) is 8.34. The molecule has 4 aromatic rings. The second-order valence-electron chi connectivity index (χ2n) is 6.34. The molecule has 0 aliphatic heterocycles. The van der Waals surface area contributed by atoms with E-state index in [0.29, 0.717) is 21.5 Å². The molecule has 0 saturated carbocycles. The van der Waals surface area contributed by atoms with Crippen LogP contribution in [0.2, 0.25) is 0 Å². The summed E-state index contributed by atoms with van der Waals surface area (Å²) in [5.74, 6) is 1.21. The maximum absolute atomic E-state index is 12.9. The van der Waals surface area contributed by atoms with Gasteiger partial charge in [-0.25, -0.2) is 9.97 Å². The zero-order chi connectivity index (χ0) is 19.7. The molecule has 0 bridgehead atoms. The summed E-state index contributed by atoms with van der Waals surface area (Å²) in [6.45, 7) is 5.81. The first-order valence-corrected chi connectivity index (χ1v) is 10.5. The van der Waals surface area contributed by atoms with Crippen molar-refractivity contribution in [2.45, 2.75) is 31.6 Å². The highest BCUT2D eigenvalue weighted by molar-refractivity contribution is 7.98. The summed E-state index contributed by atoms with van der Waals surface area (Å²) < 4.78 is 6.26. The third-order valence-corrected chi connectivity index (χ3v) is 6.36. The molecule has 28 heavy (non-hydrogen) atoms. The summed E-state index contributed by atoms with van der Waals surface area (Å²) in [4.78, 5) is 21.8. The van der Waals surface area contributed by atoms with Crippen LogP contribution in [0.3, 0.4) is 0 Å². The maximum atomic E-state index is 12.9. The van der Waals surface area contributed by atoms with E-state index in [1.54, 1.807) is 18.3 Å². The third-order valence-electron chi connectivity index (χ3n) is 4.39. The number of amides is 1. The van der Waals surface area contributed by atoms with E-state index in [2.05, 4.69) is 20.4 Å². The topological polar surface area (TPSA) is 80.9 Å². The van der Waals surface area contributed by atoms with Crippen molar-refractivity contribution in [3.05, 3.63) is 64.7 Å². The minimum Gasteiger partial charge on any atom is -0.361 e. The van der Waals surface area contributed by atoms with E-state index < -0.39 is 0 Å². The maximum Gasteiger partial charge on any atom is 0.260 e. The van der Waals surface area contributed by atoms with Crippen LogP contribution in [0.1, 0.15) is 32.9 Å². The van der Waals surface area contributed by atoms with Crippen molar-refractivity contribution >= 4 is 44.4 Å². The van der Waals surface area contributed by atoms with Gasteiger partial charge in [-0.3, -0.25) is 10.1 Å². The first-order chi connectivity index (χ1) is 13.5. The highest BCUT2D eigenvalue weighted by Crippen LogP contribution is 2.30. The quantitative estimate of drug-likeness (QED) is 0.458. The SMILES string of the molecule is Cc1noc(C)c1CSc1ncccc1C(=O)Nc1nc2c(C)cccc2s1. The smallest absolute Gasteiger partial charge is 0.260 e. The number of carbonyl (C=O) groups excluding carboxylic acids is 1. The molecule has 0 unspecified atom stereocenters.